The Labute approximate surface area is 119 Å². The van der Waals surface area contributed by atoms with Crippen LogP contribution in [0, 0.1) is 5.82 Å². The fourth-order valence-corrected chi connectivity index (χ4v) is 1.83. The summed E-state index contributed by atoms with van der Waals surface area (Å²) < 4.78 is 13.2. The van der Waals surface area contributed by atoms with Crippen LogP contribution in [0.25, 0.3) is 0 Å². The van der Waals surface area contributed by atoms with Gasteiger partial charge in [0.1, 0.15) is 18.1 Å². The molecule has 0 fully saturated rings. The molecule has 2 aromatic carbocycles. The summed E-state index contributed by atoms with van der Waals surface area (Å²) >= 11 is 0. The standard InChI is InChI=1S/C15H12FNO4/c16-11-3-1-2-10(8-11)15(21)17(9-14(19)20)12-4-6-13(18)7-5-12/h1-8,18H,9H2,(H,19,20). The molecule has 0 bridgehead atoms. The van der Waals surface area contributed by atoms with Gasteiger partial charge in [0.25, 0.3) is 5.91 Å². The summed E-state index contributed by atoms with van der Waals surface area (Å²) in [5.41, 5.74) is 0.341. The third-order valence-corrected chi connectivity index (χ3v) is 2.77. The zero-order valence-electron chi connectivity index (χ0n) is 10.9. The molecule has 0 aliphatic heterocycles. The molecule has 0 saturated carbocycles. The van der Waals surface area contributed by atoms with Gasteiger partial charge in [-0.3, -0.25) is 14.5 Å². The van der Waals surface area contributed by atoms with Crippen LogP contribution in [0.5, 0.6) is 5.75 Å². The molecule has 0 spiro atoms. The van der Waals surface area contributed by atoms with Gasteiger partial charge in [-0.15, -0.1) is 0 Å². The number of benzene rings is 2. The fourth-order valence-electron chi connectivity index (χ4n) is 1.83. The minimum absolute atomic E-state index is 0.00719. The van der Waals surface area contributed by atoms with E-state index in [0.29, 0.717) is 5.69 Å². The van der Waals surface area contributed by atoms with E-state index in [1.165, 1.54) is 42.5 Å². The minimum atomic E-state index is -1.20. The van der Waals surface area contributed by atoms with Gasteiger partial charge < -0.3 is 10.2 Å². The van der Waals surface area contributed by atoms with E-state index in [2.05, 4.69) is 0 Å². The summed E-state index contributed by atoms with van der Waals surface area (Å²) in [6.07, 6.45) is 0. The number of hydrogen-bond donors (Lipinski definition) is 2. The number of carboxylic acid groups (broad SMARTS) is 1. The first kappa shape index (κ1) is 14.5. The van der Waals surface area contributed by atoms with E-state index in [9.17, 15) is 19.1 Å². The van der Waals surface area contributed by atoms with Gasteiger partial charge in [-0.1, -0.05) is 6.07 Å². The first-order valence-corrected chi connectivity index (χ1v) is 6.05. The lowest BCUT2D eigenvalue weighted by atomic mass is 10.1. The molecule has 0 heterocycles. The Bertz CT molecular complexity index is 670. The van der Waals surface area contributed by atoms with Crippen LogP contribution in [0.3, 0.4) is 0 Å². The van der Waals surface area contributed by atoms with Crippen molar-refractivity contribution < 1.29 is 24.2 Å². The average Bonchev–Trinajstić information content (AvgIpc) is 2.45. The summed E-state index contributed by atoms with van der Waals surface area (Å²) in [6, 6.07) is 10.5. The first-order valence-electron chi connectivity index (χ1n) is 6.05. The van der Waals surface area contributed by atoms with Crippen LogP contribution >= 0.6 is 0 Å². The predicted octanol–water partition coefficient (Wildman–Crippen LogP) is 2.26. The van der Waals surface area contributed by atoms with Crippen LogP contribution in [0.1, 0.15) is 10.4 Å². The third kappa shape index (κ3) is 3.56. The maximum atomic E-state index is 13.2. The van der Waals surface area contributed by atoms with Crippen molar-refractivity contribution in [1.29, 1.82) is 0 Å². The quantitative estimate of drug-likeness (QED) is 0.905. The second-order valence-electron chi connectivity index (χ2n) is 4.31. The van der Waals surface area contributed by atoms with Crippen LogP contribution in [0.4, 0.5) is 10.1 Å². The second-order valence-corrected chi connectivity index (χ2v) is 4.31. The lowest BCUT2D eigenvalue weighted by Crippen LogP contribution is -2.35. The van der Waals surface area contributed by atoms with Crippen LogP contribution in [-0.4, -0.2) is 28.6 Å². The van der Waals surface area contributed by atoms with Crippen LogP contribution < -0.4 is 4.90 Å². The molecule has 21 heavy (non-hydrogen) atoms. The number of nitrogens with zero attached hydrogens (tertiary/aromatic N) is 1. The molecule has 2 N–H and O–H groups in total. The maximum absolute atomic E-state index is 13.2. The van der Waals surface area contributed by atoms with Crippen molar-refractivity contribution in [1.82, 2.24) is 0 Å². The Hall–Kier alpha value is -2.89. The van der Waals surface area contributed by atoms with Gasteiger partial charge in [0.05, 0.1) is 0 Å². The van der Waals surface area contributed by atoms with E-state index in [-0.39, 0.29) is 11.3 Å². The average molecular weight is 289 g/mol. The number of phenolic OH excluding ortho intramolecular Hbond substituents is 1. The van der Waals surface area contributed by atoms with Crippen molar-refractivity contribution >= 4 is 17.6 Å². The van der Waals surface area contributed by atoms with E-state index in [0.717, 1.165) is 11.0 Å². The highest BCUT2D eigenvalue weighted by Crippen LogP contribution is 2.20. The number of carbonyl (C=O) groups excluding carboxylic acids is 1. The number of aromatic hydroxyl groups is 1. The number of phenols is 1. The number of anilines is 1. The number of carboxylic acids is 1. The van der Waals surface area contributed by atoms with E-state index in [1.807, 2.05) is 0 Å². The minimum Gasteiger partial charge on any atom is -0.508 e. The van der Waals surface area contributed by atoms with Crippen molar-refractivity contribution in [3.05, 3.63) is 59.9 Å². The summed E-state index contributed by atoms with van der Waals surface area (Å²) in [5.74, 6) is -2.43. The molecule has 5 nitrogen and oxygen atoms in total. The Morgan fingerprint density at radius 1 is 1.10 bits per heavy atom. The van der Waals surface area contributed by atoms with Gasteiger partial charge in [0.15, 0.2) is 0 Å². The molecule has 0 radical (unpaired) electrons. The largest absolute Gasteiger partial charge is 0.508 e. The monoisotopic (exact) mass is 289 g/mol. The van der Waals surface area contributed by atoms with Crippen molar-refractivity contribution in [3.63, 3.8) is 0 Å². The SMILES string of the molecule is O=C(O)CN(C(=O)c1cccc(F)c1)c1ccc(O)cc1. The summed E-state index contributed by atoms with van der Waals surface area (Å²) in [7, 11) is 0. The van der Waals surface area contributed by atoms with Crippen molar-refractivity contribution in [3.8, 4) is 5.75 Å². The van der Waals surface area contributed by atoms with Crippen molar-refractivity contribution in [2.24, 2.45) is 0 Å². The highest BCUT2D eigenvalue weighted by atomic mass is 19.1. The van der Waals surface area contributed by atoms with Crippen molar-refractivity contribution in [2.75, 3.05) is 11.4 Å². The number of aliphatic carboxylic acids is 1. The zero-order valence-corrected chi connectivity index (χ0v) is 10.9. The molecule has 0 aliphatic rings. The predicted molar refractivity (Wildman–Crippen MR) is 73.8 cm³/mol. The van der Waals surface area contributed by atoms with Gasteiger partial charge in [-0.2, -0.15) is 0 Å². The molecule has 108 valence electrons. The third-order valence-electron chi connectivity index (χ3n) is 2.77. The number of rotatable bonds is 4. The van der Waals surface area contributed by atoms with E-state index >= 15 is 0 Å². The summed E-state index contributed by atoms with van der Waals surface area (Å²) in [4.78, 5) is 24.3. The molecule has 6 heteroatoms. The van der Waals surface area contributed by atoms with Gasteiger partial charge >= 0.3 is 5.97 Å². The summed E-state index contributed by atoms with van der Waals surface area (Å²) in [5, 5.41) is 18.2. The van der Waals surface area contributed by atoms with Crippen LogP contribution in [-0.2, 0) is 4.79 Å². The normalized spacial score (nSPS) is 10.1. The van der Waals surface area contributed by atoms with Gasteiger partial charge in [0.2, 0.25) is 0 Å². The molecule has 2 aromatic rings. The smallest absolute Gasteiger partial charge is 0.323 e. The molecule has 0 atom stereocenters. The summed E-state index contributed by atoms with van der Waals surface area (Å²) in [6.45, 7) is -0.569. The van der Waals surface area contributed by atoms with Crippen LogP contribution in [0.2, 0.25) is 0 Å². The lowest BCUT2D eigenvalue weighted by molar-refractivity contribution is -0.135. The Kier molecular flexibility index (Phi) is 4.18. The molecule has 2 rings (SSSR count). The van der Waals surface area contributed by atoms with Gasteiger partial charge in [-0.05, 0) is 42.5 Å². The topological polar surface area (TPSA) is 77.8 Å². The van der Waals surface area contributed by atoms with Gasteiger partial charge in [-0.25, -0.2) is 4.39 Å². The van der Waals surface area contributed by atoms with Crippen LogP contribution in [0.15, 0.2) is 48.5 Å². The lowest BCUT2D eigenvalue weighted by Gasteiger charge is -2.21. The fraction of sp³-hybridized carbons (Fsp3) is 0.0667. The zero-order chi connectivity index (χ0) is 15.4. The number of amides is 1. The van der Waals surface area contributed by atoms with E-state index in [4.69, 9.17) is 5.11 Å². The first-order chi connectivity index (χ1) is 9.97. The van der Waals surface area contributed by atoms with Gasteiger partial charge in [0, 0.05) is 11.3 Å². The van der Waals surface area contributed by atoms with E-state index < -0.39 is 24.2 Å². The Balaban J connectivity index is 2.38. The highest BCUT2D eigenvalue weighted by Gasteiger charge is 2.20. The molecule has 0 aromatic heterocycles. The Morgan fingerprint density at radius 3 is 2.33 bits per heavy atom. The molecule has 0 unspecified atom stereocenters. The molecular weight excluding hydrogens is 277 g/mol. The second kappa shape index (κ2) is 6.04. The van der Waals surface area contributed by atoms with Crippen molar-refractivity contribution in [2.45, 2.75) is 0 Å². The highest BCUT2D eigenvalue weighted by molar-refractivity contribution is 6.08. The number of halogens is 1. The molecular formula is C15H12FNO4. The molecule has 1 amide bonds. The number of carbonyl (C=O) groups is 2. The van der Waals surface area contributed by atoms with E-state index in [1.54, 1.807) is 0 Å². The maximum Gasteiger partial charge on any atom is 0.323 e. The number of hydrogen-bond acceptors (Lipinski definition) is 3. The Morgan fingerprint density at radius 2 is 1.76 bits per heavy atom. The molecule has 0 saturated heterocycles. The molecule has 0 aliphatic carbocycles.